The number of benzene rings is 2. The number of amides is 1. The van der Waals surface area contributed by atoms with Crippen LogP contribution in [0.2, 0.25) is 0 Å². The lowest BCUT2D eigenvalue weighted by Crippen LogP contribution is -2.36. The Morgan fingerprint density at radius 3 is 3.07 bits per heavy atom. The summed E-state index contributed by atoms with van der Waals surface area (Å²) in [7, 11) is -0.695. The SMILES string of the molecule is CO[SH](=O)=Nc1ccc2sc(SCC(=O)N3CCCc4ccccc43)nc2c1. The van der Waals surface area contributed by atoms with Crippen LogP contribution in [0.15, 0.2) is 51.2 Å². The Hall–Kier alpha value is -1.94. The topological polar surface area (TPSA) is 71.9 Å². The van der Waals surface area contributed by atoms with E-state index in [1.165, 1.54) is 24.4 Å². The van der Waals surface area contributed by atoms with Gasteiger partial charge in [0.15, 0.2) is 15.2 Å². The first-order chi connectivity index (χ1) is 13.6. The summed E-state index contributed by atoms with van der Waals surface area (Å²) in [5.41, 5.74) is 3.61. The number of hydrogen-bond acceptors (Lipinski definition) is 7. The van der Waals surface area contributed by atoms with Crippen molar-refractivity contribution in [1.82, 2.24) is 4.98 Å². The molecule has 1 unspecified atom stereocenters. The van der Waals surface area contributed by atoms with Crippen molar-refractivity contribution < 1.29 is 13.2 Å². The number of carbonyl (C=O) groups excluding carboxylic acids is 1. The van der Waals surface area contributed by atoms with Gasteiger partial charge < -0.3 is 4.90 Å². The Labute approximate surface area is 173 Å². The molecule has 0 saturated carbocycles. The summed E-state index contributed by atoms with van der Waals surface area (Å²) in [6.45, 7) is 0.763. The summed E-state index contributed by atoms with van der Waals surface area (Å²) in [5.74, 6) is 0.449. The van der Waals surface area contributed by atoms with Gasteiger partial charge in [-0.1, -0.05) is 30.0 Å². The molecule has 0 fully saturated rings. The highest BCUT2D eigenvalue weighted by Crippen LogP contribution is 2.33. The molecule has 1 aliphatic rings. The maximum absolute atomic E-state index is 12.8. The summed E-state index contributed by atoms with van der Waals surface area (Å²) in [5, 5.41) is 0. The summed E-state index contributed by atoms with van der Waals surface area (Å²) in [6, 6.07) is 13.6. The van der Waals surface area contributed by atoms with Crippen molar-refractivity contribution in [1.29, 1.82) is 0 Å². The van der Waals surface area contributed by atoms with Gasteiger partial charge in [0.1, 0.15) is 0 Å². The number of para-hydroxylation sites is 1. The fraction of sp³-hybridized carbons (Fsp3) is 0.263. The number of aryl methyl sites for hydroxylation is 1. The summed E-state index contributed by atoms with van der Waals surface area (Å²) >= 11 is 2.99. The highest BCUT2D eigenvalue weighted by molar-refractivity contribution is 8.01. The third-order valence-corrected chi connectivity index (χ3v) is 7.31. The molecular formula is C19H19N3O3S3. The van der Waals surface area contributed by atoms with Gasteiger partial charge in [-0.15, -0.1) is 11.3 Å². The van der Waals surface area contributed by atoms with E-state index in [1.807, 2.05) is 29.2 Å². The van der Waals surface area contributed by atoms with Crippen LogP contribution < -0.4 is 4.90 Å². The van der Waals surface area contributed by atoms with Crippen LogP contribution in [0.1, 0.15) is 12.0 Å². The number of nitrogens with zero attached hydrogens (tertiary/aromatic N) is 3. The summed E-state index contributed by atoms with van der Waals surface area (Å²) in [6.07, 6.45) is 2.01. The van der Waals surface area contributed by atoms with Crippen LogP contribution in [-0.2, 0) is 26.3 Å². The number of thiol groups is 1. The van der Waals surface area contributed by atoms with Crippen molar-refractivity contribution in [2.45, 2.75) is 17.2 Å². The van der Waals surface area contributed by atoms with Crippen molar-refractivity contribution in [2.24, 2.45) is 4.36 Å². The third kappa shape index (κ3) is 4.22. The predicted molar refractivity (Wildman–Crippen MR) is 116 cm³/mol. The summed E-state index contributed by atoms with van der Waals surface area (Å²) < 4.78 is 21.9. The molecule has 28 heavy (non-hydrogen) atoms. The van der Waals surface area contributed by atoms with Crippen LogP contribution in [0.5, 0.6) is 0 Å². The number of thioether (sulfide) groups is 1. The Morgan fingerprint density at radius 1 is 1.36 bits per heavy atom. The van der Waals surface area contributed by atoms with Crippen LogP contribution in [0.4, 0.5) is 11.4 Å². The molecule has 2 heterocycles. The van der Waals surface area contributed by atoms with E-state index < -0.39 is 10.9 Å². The molecule has 9 heteroatoms. The molecule has 1 aromatic heterocycles. The van der Waals surface area contributed by atoms with E-state index in [2.05, 4.69) is 15.4 Å². The normalized spacial score (nSPS) is 15.0. The van der Waals surface area contributed by atoms with Crippen molar-refractivity contribution in [3.63, 3.8) is 0 Å². The smallest absolute Gasteiger partial charge is 0.237 e. The Kier molecular flexibility index (Phi) is 5.96. The maximum atomic E-state index is 12.8. The second-order valence-electron chi connectivity index (χ2n) is 6.22. The van der Waals surface area contributed by atoms with E-state index >= 15 is 0 Å². The van der Waals surface area contributed by atoms with E-state index in [-0.39, 0.29) is 5.91 Å². The molecule has 4 rings (SSSR count). The van der Waals surface area contributed by atoms with Crippen LogP contribution >= 0.6 is 23.1 Å². The zero-order valence-corrected chi connectivity index (χ0v) is 17.7. The van der Waals surface area contributed by atoms with Gasteiger partial charge in [0, 0.05) is 12.2 Å². The minimum absolute atomic E-state index is 0.101. The zero-order valence-electron chi connectivity index (χ0n) is 15.2. The van der Waals surface area contributed by atoms with E-state index in [1.54, 1.807) is 23.5 Å². The van der Waals surface area contributed by atoms with Gasteiger partial charge in [-0.3, -0.25) is 8.98 Å². The molecular weight excluding hydrogens is 414 g/mol. The molecule has 0 saturated heterocycles. The van der Waals surface area contributed by atoms with Gasteiger partial charge in [0.2, 0.25) is 5.91 Å². The Balaban J connectivity index is 1.47. The molecule has 0 spiro atoms. The second kappa shape index (κ2) is 8.60. The third-order valence-electron chi connectivity index (χ3n) is 4.44. The largest absolute Gasteiger partial charge is 0.311 e. The zero-order chi connectivity index (χ0) is 19.5. The average Bonchev–Trinajstić information content (AvgIpc) is 3.13. The predicted octanol–water partition coefficient (Wildman–Crippen LogP) is 4.23. The number of hydrogen-bond donors (Lipinski definition) is 1. The molecule has 0 radical (unpaired) electrons. The van der Waals surface area contributed by atoms with Crippen molar-refractivity contribution >= 4 is 61.5 Å². The molecule has 1 atom stereocenters. The highest BCUT2D eigenvalue weighted by atomic mass is 32.2. The molecule has 0 aliphatic carbocycles. The van der Waals surface area contributed by atoms with Gasteiger partial charge >= 0.3 is 0 Å². The second-order valence-corrected chi connectivity index (χ2v) is 9.51. The van der Waals surface area contributed by atoms with E-state index in [9.17, 15) is 9.00 Å². The van der Waals surface area contributed by atoms with Crippen molar-refractivity contribution in [2.75, 3.05) is 24.3 Å². The Morgan fingerprint density at radius 2 is 2.21 bits per heavy atom. The molecule has 2 aromatic carbocycles. The standard InChI is InChI=1S/C19H19N3O3S3/c1-25-28(24)21-14-8-9-17-15(11-14)20-19(27-17)26-12-18(23)22-10-4-6-13-5-2-3-7-16(13)22/h2-3,5,7-9,11,28H,4,6,10,12H2,1H3. The highest BCUT2D eigenvalue weighted by Gasteiger charge is 2.22. The number of anilines is 1. The van der Waals surface area contributed by atoms with Crippen LogP contribution in [0, 0.1) is 0 Å². The van der Waals surface area contributed by atoms with Crippen molar-refractivity contribution in [3.05, 3.63) is 48.0 Å². The minimum atomic E-state index is -2.05. The van der Waals surface area contributed by atoms with Crippen LogP contribution in [-0.4, -0.2) is 34.5 Å². The molecule has 146 valence electrons. The van der Waals surface area contributed by atoms with Gasteiger partial charge in [-0.2, -0.15) is 4.36 Å². The molecule has 1 amide bonds. The van der Waals surface area contributed by atoms with Gasteiger partial charge in [0.05, 0.1) is 28.8 Å². The Bertz CT molecular complexity index is 1110. The number of carbonyl (C=O) groups is 1. The lowest BCUT2D eigenvalue weighted by atomic mass is 10.0. The number of aromatic nitrogens is 1. The first-order valence-electron chi connectivity index (χ1n) is 8.79. The molecule has 0 N–H and O–H groups in total. The fourth-order valence-corrected chi connectivity index (χ4v) is 5.47. The minimum Gasteiger partial charge on any atom is -0.311 e. The average molecular weight is 434 g/mol. The number of fused-ring (bicyclic) bond motifs is 2. The molecule has 6 nitrogen and oxygen atoms in total. The number of thiazole rings is 1. The number of rotatable bonds is 5. The van der Waals surface area contributed by atoms with Crippen molar-refractivity contribution in [3.8, 4) is 0 Å². The van der Waals surface area contributed by atoms with Crippen LogP contribution in [0.25, 0.3) is 10.2 Å². The lowest BCUT2D eigenvalue weighted by molar-refractivity contribution is -0.116. The van der Waals surface area contributed by atoms with E-state index in [0.717, 1.165) is 39.6 Å². The maximum Gasteiger partial charge on any atom is 0.237 e. The van der Waals surface area contributed by atoms with Gasteiger partial charge in [-0.05, 0) is 42.7 Å². The monoisotopic (exact) mass is 433 g/mol. The molecule has 0 bridgehead atoms. The first kappa shape index (κ1) is 19.4. The molecule has 1 aliphatic heterocycles. The quantitative estimate of drug-likeness (QED) is 0.482. The lowest BCUT2D eigenvalue weighted by Gasteiger charge is -2.29. The fourth-order valence-electron chi connectivity index (χ4n) is 3.15. The van der Waals surface area contributed by atoms with Crippen LogP contribution in [0.3, 0.4) is 0 Å². The van der Waals surface area contributed by atoms with E-state index in [0.29, 0.717) is 11.4 Å². The van der Waals surface area contributed by atoms with Gasteiger partial charge in [0.25, 0.3) is 0 Å². The van der Waals surface area contributed by atoms with Gasteiger partial charge in [-0.25, -0.2) is 9.19 Å². The first-order valence-corrected chi connectivity index (χ1v) is 11.7. The van der Waals surface area contributed by atoms with E-state index in [4.69, 9.17) is 4.18 Å². The summed E-state index contributed by atoms with van der Waals surface area (Å²) in [4.78, 5) is 19.2. The molecule has 3 aromatic rings.